The number of amides is 1. The first-order chi connectivity index (χ1) is 15.0. The average molecular weight is 432 g/mol. The van der Waals surface area contributed by atoms with Crippen LogP contribution in [0.3, 0.4) is 0 Å². The van der Waals surface area contributed by atoms with Crippen LogP contribution in [0.5, 0.6) is 0 Å². The monoisotopic (exact) mass is 431 g/mol. The maximum atomic E-state index is 13.5. The summed E-state index contributed by atoms with van der Waals surface area (Å²) in [6, 6.07) is 15.2. The lowest BCUT2D eigenvalue weighted by atomic mass is 10.1. The van der Waals surface area contributed by atoms with Crippen LogP contribution in [-0.4, -0.2) is 37.6 Å². The molecule has 0 saturated heterocycles. The zero-order valence-electron chi connectivity index (χ0n) is 17.4. The third-order valence-electron chi connectivity index (χ3n) is 5.60. The second kappa shape index (κ2) is 7.78. The van der Waals surface area contributed by atoms with E-state index in [1.165, 1.54) is 0 Å². The first-order valence-corrected chi connectivity index (χ1v) is 10.7. The van der Waals surface area contributed by atoms with E-state index in [9.17, 15) is 4.79 Å². The molecular weight excluding hydrogens is 410 g/mol. The van der Waals surface area contributed by atoms with Gasteiger partial charge in [-0.3, -0.25) is 4.79 Å². The van der Waals surface area contributed by atoms with Gasteiger partial charge in [0.2, 0.25) is 0 Å². The van der Waals surface area contributed by atoms with E-state index in [2.05, 4.69) is 10.1 Å². The molecule has 4 aromatic rings. The molecule has 7 heteroatoms. The molecule has 31 heavy (non-hydrogen) atoms. The van der Waals surface area contributed by atoms with E-state index < -0.39 is 0 Å². The quantitative estimate of drug-likeness (QED) is 0.449. The number of fused-ring (bicyclic) bond motifs is 1. The van der Waals surface area contributed by atoms with Gasteiger partial charge in [-0.15, -0.1) is 0 Å². The molecular formula is C24H22ClN5O. The molecule has 1 saturated carbocycles. The highest BCUT2D eigenvalue weighted by atomic mass is 35.5. The van der Waals surface area contributed by atoms with Crippen molar-refractivity contribution in [2.45, 2.75) is 32.2 Å². The number of halogens is 1. The Hall–Kier alpha value is -3.25. The van der Waals surface area contributed by atoms with Crippen molar-refractivity contribution in [3.05, 3.63) is 82.3 Å². The van der Waals surface area contributed by atoms with E-state index >= 15 is 0 Å². The topological polar surface area (TPSA) is 63.9 Å². The smallest absolute Gasteiger partial charge is 0.254 e. The Morgan fingerprint density at radius 2 is 1.97 bits per heavy atom. The van der Waals surface area contributed by atoms with Crippen molar-refractivity contribution >= 4 is 28.5 Å². The maximum absolute atomic E-state index is 13.5. The van der Waals surface area contributed by atoms with Crippen molar-refractivity contribution in [2.75, 3.05) is 7.05 Å². The molecule has 1 aliphatic carbocycles. The molecule has 3 aromatic heterocycles. The zero-order valence-corrected chi connectivity index (χ0v) is 18.2. The van der Waals surface area contributed by atoms with E-state index in [-0.39, 0.29) is 5.91 Å². The largest absolute Gasteiger partial charge is 0.337 e. The number of rotatable bonds is 5. The normalized spacial score (nSPS) is 13.5. The Labute approximate surface area is 185 Å². The Kier molecular flexibility index (Phi) is 4.94. The van der Waals surface area contributed by atoms with Crippen LogP contribution in [-0.2, 0) is 6.54 Å². The van der Waals surface area contributed by atoms with Gasteiger partial charge in [-0.1, -0.05) is 29.8 Å². The minimum atomic E-state index is -0.0482. The molecule has 6 nitrogen and oxygen atoms in total. The molecule has 1 amide bonds. The molecule has 1 aromatic carbocycles. The van der Waals surface area contributed by atoms with Gasteiger partial charge in [0.25, 0.3) is 5.91 Å². The molecule has 0 radical (unpaired) electrons. The third-order valence-corrected chi connectivity index (χ3v) is 5.86. The number of aromatic nitrogens is 4. The number of carbonyl (C=O) groups excluding carboxylic acids is 1. The molecule has 0 N–H and O–H groups in total. The van der Waals surface area contributed by atoms with Crippen LogP contribution >= 0.6 is 11.6 Å². The maximum Gasteiger partial charge on any atom is 0.254 e. The van der Waals surface area contributed by atoms with E-state index in [0.29, 0.717) is 34.5 Å². The Morgan fingerprint density at radius 3 is 2.65 bits per heavy atom. The number of aryl methyl sites for hydroxylation is 1. The van der Waals surface area contributed by atoms with Gasteiger partial charge in [0.1, 0.15) is 0 Å². The fraction of sp³-hybridized carbons (Fsp3) is 0.250. The molecule has 1 fully saturated rings. The van der Waals surface area contributed by atoms with Crippen LogP contribution in [0.15, 0.2) is 54.7 Å². The number of carbonyl (C=O) groups is 1. The third kappa shape index (κ3) is 3.79. The number of benzene rings is 1. The van der Waals surface area contributed by atoms with Crippen molar-refractivity contribution in [1.29, 1.82) is 0 Å². The van der Waals surface area contributed by atoms with Crippen LogP contribution in [0.25, 0.3) is 16.9 Å². The van der Waals surface area contributed by atoms with Crippen LogP contribution in [0.4, 0.5) is 0 Å². The predicted octanol–water partition coefficient (Wildman–Crippen LogP) is 4.93. The molecule has 0 atom stereocenters. The minimum absolute atomic E-state index is 0.0482. The minimum Gasteiger partial charge on any atom is -0.337 e. The Balaban J connectivity index is 1.59. The van der Waals surface area contributed by atoms with Gasteiger partial charge >= 0.3 is 0 Å². The summed E-state index contributed by atoms with van der Waals surface area (Å²) in [7, 11) is 1.82. The lowest BCUT2D eigenvalue weighted by Gasteiger charge is -2.18. The van der Waals surface area contributed by atoms with Crippen LogP contribution in [0.2, 0.25) is 5.02 Å². The Morgan fingerprint density at radius 1 is 1.19 bits per heavy atom. The number of pyridine rings is 2. The average Bonchev–Trinajstić information content (AvgIpc) is 3.58. The molecule has 0 unspecified atom stereocenters. The molecule has 3 heterocycles. The van der Waals surface area contributed by atoms with Crippen molar-refractivity contribution in [1.82, 2.24) is 24.6 Å². The second-order valence-corrected chi connectivity index (χ2v) is 8.48. The van der Waals surface area contributed by atoms with Crippen LogP contribution in [0, 0.1) is 6.92 Å². The molecule has 1 aliphatic rings. The first kappa shape index (κ1) is 19.7. The van der Waals surface area contributed by atoms with Gasteiger partial charge in [0, 0.05) is 36.4 Å². The van der Waals surface area contributed by atoms with E-state index in [1.54, 1.807) is 15.8 Å². The van der Waals surface area contributed by atoms with E-state index in [0.717, 1.165) is 35.2 Å². The highest BCUT2D eigenvalue weighted by molar-refractivity contribution is 6.30. The van der Waals surface area contributed by atoms with Crippen LogP contribution in [0.1, 0.15) is 46.1 Å². The summed E-state index contributed by atoms with van der Waals surface area (Å²) >= 11 is 5.99. The number of hydrogen-bond acceptors (Lipinski definition) is 4. The summed E-state index contributed by atoms with van der Waals surface area (Å²) in [4.78, 5) is 24.6. The standard InChI is InChI=1S/C24H22ClN5O/c1-15-22-19(24(31)29(2)14-16-6-10-18(25)11-7-16)13-20(17-8-9-17)27-23(22)30(28-15)21-5-3-4-12-26-21/h3-7,10-13,17H,8-9,14H2,1-2H3. The van der Waals surface area contributed by atoms with Crippen molar-refractivity contribution in [3.63, 3.8) is 0 Å². The van der Waals surface area contributed by atoms with Crippen molar-refractivity contribution in [3.8, 4) is 5.82 Å². The molecule has 0 spiro atoms. The van der Waals surface area contributed by atoms with Gasteiger partial charge in [-0.25, -0.2) is 9.97 Å². The highest BCUT2D eigenvalue weighted by Gasteiger charge is 2.29. The van der Waals surface area contributed by atoms with Gasteiger partial charge in [-0.05, 0) is 55.7 Å². The van der Waals surface area contributed by atoms with Gasteiger partial charge in [0.15, 0.2) is 11.5 Å². The summed E-state index contributed by atoms with van der Waals surface area (Å²) in [5.74, 6) is 1.05. The van der Waals surface area contributed by atoms with Gasteiger partial charge in [0.05, 0.1) is 16.6 Å². The summed E-state index contributed by atoms with van der Waals surface area (Å²) < 4.78 is 1.74. The fourth-order valence-corrected chi connectivity index (χ4v) is 3.97. The molecule has 5 rings (SSSR count). The van der Waals surface area contributed by atoms with Gasteiger partial charge < -0.3 is 4.90 Å². The molecule has 0 bridgehead atoms. The van der Waals surface area contributed by atoms with Crippen molar-refractivity contribution in [2.24, 2.45) is 0 Å². The highest BCUT2D eigenvalue weighted by Crippen LogP contribution is 2.40. The summed E-state index contributed by atoms with van der Waals surface area (Å²) in [5.41, 5.74) is 4.06. The lowest BCUT2D eigenvalue weighted by Crippen LogP contribution is -2.26. The second-order valence-electron chi connectivity index (χ2n) is 8.04. The molecule has 0 aliphatic heterocycles. The lowest BCUT2D eigenvalue weighted by molar-refractivity contribution is 0.0787. The van der Waals surface area contributed by atoms with Crippen LogP contribution < -0.4 is 0 Å². The Bertz CT molecular complexity index is 1260. The van der Waals surface area contributed by atoms with Crippen molar-refractivity contribution < 1.29 is 4.79 Å². The van der Waals surface area contributed by atoms with Gasteiger partial charge in [-0.2, -0.15) is 9.78 Å². The number of nitrogens with zero attached hydrogens (tertiary/aromatic N) is 5. The number of hydrogen-bond donors (Lipinski definition) is 0. The first-order valence-electron chi connectivity index (χ1n) is 10.3. The van der Waals surface area contributed by atoms with E-state index in [1.807, 2.05) is 62.5 Å². The molecule has 156 valence electrons. The SMILES string of the molecule is Cc1nn(-c2ccccn2)c2nc(C3CC3)cc(C(=O)N(C)Cc3ccc(Cl)cc3)c12. The van der Waals surface area contributed by atoms with E-state index in [4.69, 9.17) is 16.6 Å². The summed E-state index contributed by atoms with van der Waals surface area (Å²) in [6.07, 6.45) is 3.93. The zero-order chi connectivity index (χ0) is 21.5. The predicted molar refractivity (Wildman–Crippen MR) is 121 cm³/mol. The summed E-state index contributed by atoms with van der Waals surface area (Å²) in [5, 5.41) is 6.14. The summed E-state index contributed by atoms with van der Waals surface area (Å²) in [6.45, 7) is 2.40. The fourth-order valence-electron chi connectivity index (χ4n) is 3.85.